The Morgan fingerprint density at radius 1 is 1.40 bits per heavy atom. The van der Waals surface area contributed by atoms with Crippen molar-refractivity contribution < 1.29 is 41.3 Å². The molecule has 10 heavy (non-hydrogen) atoms. The average Bonchev–Trinajstić information content (AvgIpc) is 1.69. The summed E-state index contributed by atoms with van der Waals surface area (Å²) in [6, 6.07) is 0. The molecule has 0 aromatic rings. The van der Waals surface area contributed by atoms with E-state index in [1.807, 2.05) is 13.8 Å². The Bertz CT molecular complexity index is 85.8. The fourth-order valence-electron chi connectivity index (χ4n) is 0.576. The van der Waals surface area contributed by atoms with E-state index in [-0.39, 0.29) is 42.4 Å². The SMILES string of the molecule is [Br-].[CH2-]C(=O)N(CC)CC.[Zn+2]. The number of halogens is 1. The van der Waals surface area contributed by atoms with Crippen LogP contribution < -0.4 is 17.0 Å². The average molecular weight is 259 g/mol. The molecule has 0 saturated heterocycles. The largest absolute Gasteiger partial charge is 2.00 e. The third-order valence-corrected chi connectivity index (χ3v) is 1.12. The van der Waals surface area contributed by atoms with Gasteiger partial charge in [0.25, 0.3) is 0 Å². The summed E-state index contributed by atoms with van der Waals surface area (Å²) in [5, 5.41) is 0. The quantitative estimate of drug-likeness (QED) is 0.403. The predicted octanol–water partition coefficient (Wildman–Crippen LogP) is -2.31. The predicted molar refractivity (Wildman–Crippen MR) is 33.3 cm³/mol. The normalized spacial score (nSPS) is 7.00. The van der Waals surface area contributed by atoms with E-state index >= 15 is 0 Å². The van der Waals surface area contributed by atoms with Gasteiger partial charge in [0, 0.05) is 13.1 Å². The Hall–Kier alpha value is 0.443. The molecule has 0 aliphatic heterocycles. The van der Waals surface area contributed by atoms with Crippen molar-refractivity contribution in [2.45, 2.75) is 13.8 Å². The van der Waals surface area contributed by atoms with Crippen LogP contribution in [0.4, 0.5) is 0 Å². The molecule has 0 heterocycles. The summed E-state index contributed by atoms with van der Waals surface area (Å²) in [5.41, 5.74) is 0. The van der Waals surface area contributed by atoms with E-state index < -0.39 is 0 Å². The maximum Gasteiger partial charge on any atom is 2.00 e. The first-order chi connectivity index (χ1) is 3.72. The van der Waals surface area contributed by atoms with Crippen LogP contribution >= 0.6 is 0 Å². The molecule has 0 aromatic heterocycles. The minimum Gasteiger partial charge on any atom is -1.00 e. The summed E-state index contributed by atoms with van der Waals surface area (Å²) in [5.74, 6) is -0.0880. The molecule has 0 unspecified atom stereocenters. The van der Waals surface area contributed by atoms with Crippen molar-refractivity contribution in [1.82, 2.24) is 4.90 Å². The van der Waals surface area contributed by atoms with E-state index in [0.717, 1.165) is 13.1 Å². The molecule has 56 valence electrons. The van der Waals surface area contributed by atoms with E-state index in [2.05, 4.69) is 6.92 Å². The van der Waals surface area contributed by atoms with Crippen molar-refractivity contribution in [1.29, 1.82) is 0 Å². The fraction of sp³-hybridized carbons (Fsp3) is 0.667. The molecule has 0 rings (SSSR count). The Morgan fingerprint density at radius 3 is 1.70 bits per heavy atom. The van der Waals surface area contributed by atoms with Crippen LogP contribution in [0.25, 0.3) is 0 Å². The van der Waals surface area contributed by atoms with Crippen LogP contribution in [0.1, 0.15) is 13.8 Å². The maximum absolute atomic E-state index is 10.4. The topological polar surface area (TPSA) is 20.3 Å². The minimum absolute atomic E-state index is 0. The third-order valence-electron chi connectivity index (χ3n) is 1.12. The number of carbonyl (C=O) groups excluding carboxylic acids is 1. The van der Waals surface area contributed by atoms with Crippen molar-refractivity contribution in [3.05, 3.63) is 6.92 Å². The molecule has 1 amide bonds. The Morgan fingerprint density at radius 2 is 1.70 bits per heavy atom. The Kier molecular flexibility index (Phi) is 15.9. The van der Waals surface area contributed by atoms with Crippen LogP contribution in [0, 0.1) is 6.92 Å². The van der Waals surface area contributed by atoms with Gasteiger partial charge in [-0.15, -0.1) is 0 Å². The van der Waals surface area contributed by atoms with Crippen LogP contribution in [0.2, 0.25) is 0 Å². The molecule has 0 radical (unpaired) electrons. The second kappa shape index (κ2) is 9.44. The standard InChI is InChI=1S/C6H12NO.BrH.Zn/c1-4-7(5-2)6(3)8;;/h3-5H2,1-2H3;1H;/q-1;;+2/p-1. The second-order valence-electron chi connectivity index (χ2n) is 1.57. The minimum atomic E-state index is -0.0880. The number of hydrogen-bond donors (Lipinski definition) is 0. The summed E-state index contributed by atoms with van der Waals surface area (Å²) in [6.45, 7) is 8.67. The van der Waals surface area contributed by atoms with E-state index in [0.29, 0.717) is 0 Å². The van der Waals surface area contributed by atoms with E-state index in [1.165, 1.54) is 0 Å². The number of carbonyl (C=O) groups is 1. The molecule has 0 fully saturated rings. The summed E-state index contributed by atoms with van der Waals surface area (Å²) >= 11 is 0. The van der Waals surface area contributed by atoms with Gasteiger partial charge in [-0.25, -0.2) is 0 Å². The van der Waals surface area contributed by atoms with Gasteiger partial charge in [-0.05, 0) is 13.8 Å². The first-order valence-corrected chi connectivity index (χ1v) is 2.83. The fourth-order valence-corrected chi connectivity index (χ4v) is 0.576. The number of nitrogens with zero attached hydrogens (tertiary/aromatic N) is 1. The molecule has 0 bridgehead atoms. The van der Waals surface area contributed by atoms with Gasteiger partial charge in [-0.2, -0.15) is 0 Å². The molecule has 0 spiro atoms. The van der Waals surface area contributed by atoms with Gasteiger partial charge in [-0.1, -0.05) is 0 Å². The number of hydrogen-bond acceptors (Lipinski definition) is 1. The van der Waals surface area contributed by atoms with Crippen molar-refractivity contribution >= 4 is 5.91 Å². The molecule has 0 aliphatic carbocycles. The number of rotatable bonds is 2. The van der Waals surface area contributed by atoms with Crippen molar-refractivity contribution in [2.75, 3.05) is 13.1 Å². The summed E-state index contributed by atoms with van der Waals surface area (Å²) < 4.78 is 0. The van der Waals surface area contributed by atoms with Crippen LogP contribution in [0.5, 0.6) is 0 Å². The van der Waals surface area contributed by atoms with Gasteiger partial charge in [-0.3, -0.25) is 0 Å². The van der Waals surface area contributed by atoms with Crippen molar-refractivity contribution in [3.63, 3.8) is 0 Å². The zero-order valence-electron chi connectivity index (χ0n) is 6.56. The molecular weight excluding hydrogens is 247 g/mol. The Balaban J connectivity index is -0.000000245. The molecule has 0 atom stereocenters. The molecular formula is C6H12BrNOZn. The molecule has 0 aromatic carbocycles. The second-order valence-corrected chi connectivity index (χ2v) is 1.57. The van der Waals surface area contributed by atoms with Crippen molar-refractivity contribution in [3.8, 4) is 0 Å². The van der Waals surface area contributed by atoms with E-state index in [4.69, 9.17) is 0 Å². The van der Waals surface area contributed by atoms with Crippen LogP contribution in [-0.2, 0) is 24.3 Å². The van der Waals surface area contributed by atoms with Gasteiger partial charge >= 0.3 is 19.5 Å². The monoisotopic (exact) mass is 257 g/mol. The molecule has 4 heteroatoms. The molecule has 0 N–H and O–H groups in total. The zero-order chi connectivity index (χ0) is 6.57. The Labute approximate surface area is 85.9 Å². The van der Waals surface area contributed by atoms with Crippen LogP contribution in [0.15, 0.2) is 0 Å². The van der Waals surface area contributed by atoms with E-state index in [1.54, 1.807) is 4.90 Å². The number of amides is 1. The molecule has 0 aliphatic rings. The first kappa shape index (κ1) is 16.8. The summed E-state index contributed by atoms with van der Waals surface area (Å²) in [4.78, 5) is 12.1. The summed E-state index contributed by atoms with van der Waals surface area (Å²) in [6.07, 6.45) is 0. The first-order valence-electron chi connectivity index (χ1n) is 2.83. The smallest absolute Gasteiger partial charge is 1.00 e. The van der Waals surface area contributed by atoms with Gasteiger partial charge in [0.2, 0.25) is 0 Å². The van der Waals surface area contributed by atoms with E-state index in [9.17, 15) is 4.79 Å². The van der Waals surface area contributed by atoms with Crippen molar-refractivity contribution in [2.24, 2.45) is 0 Å². The maximum atomic E-state index is 10.4. The van der Waals surface area contributed by atoms with Gasteiger partial charge in [0.1, 0.15) is 0 Å². The molecule has 0 saturated carbocycles. The zero-order valence-corrected chi connectivity index (χ0v) is 11.1. The molecule has 2 nitrogen and oxygen atoms in total. The van der Waals surface area contributed by atoms with Gasteiger partial charge < -0.3 is 33.6 Å². The third kappa shape index (κ3) is 6.56. The van der Waals surface area contributed by atoms with Gasteiger partial charge in [0.05, 0.1) is 5.91 Å². The van der Waals surface area contributed by atoms with Gasteiger partial charge in [0.15, 0.2) is 0 Å². The van der Waals surface area contributed by atoms with Crippen LogP contribution in [-0.4, -0.2) is 23.9 Å². The van der Waals surface area contributed by atoms with Crippen LogP contribution in [0.3, 0.4) is 0 Å². The summed E-state index contributed by atoms with van der Waals surface area (Å²) in [7, 11) is 0.